The molecule has 0 saturated carbocycles. The van der Waals surface area contributed by atoms with Crippen LogP contribution in [0.3, 0.4) is 0 Å². The lowest BCUT2D eigenvalue weighted by Crippen LogP contribution is -2.70. The van der Waals surface area contributed by atoms with Crippen LogP contribution < -0.4 is 16.0 Å². The maximum Gasteiger partial charge on any atom is 0.104 e. The minimum Gasteiger partial charge on any atom is -0.286 e. The van der Waals surface area contributed by atoms with Crippen LogP contribution in [0.15, 0.2) is 0 Å². The van der Waals surface area contributed by atoms with E-state index in [0.717, 1.165) is 5.92 Å². The molecule has 4 bridgehead atoms. The molecule has 2 atom stereocenters. The van der Waals surface area contributed by atoms with Crippen molar-refractivity contribution in [1.29, 1.82) is 0 Å². The number of rotatable bonds is 0. The summed E-state index contributed by atoms with van der Waals surface area (Å²) in [5.74, 6) is 0.953. The van der Waals surface area contributed by atoms with Crippen molar-refractivity contribution in [2.24, 2.45) is 5.92 Å². The SMILES string of the molecule is C1[C]2NC3CC1CC(N2)N3. The van der Waals surface area contributed by atoms with Gasteiger partial charge in [0.15, 0.2) is 0 Å². The van der Waals surface area contributed by atoms with Gasteiger partial charge in [0.25, 0.3) is 0 Å². The first kappa shape index (κ1) is 5.52. The first-order valence-corrected chi connectivity index (χ1v) is 4.05. The molecule has 4 rings (SSSR count). The smallest absolute Gasteiger partial charge is 0.104 e. The van der Waals surface area contributed by atoms with Crippen LogP contribution in [0.1, 0.15) is 19.3 Å². The summed E-state index contributed by atoms with van der Waals surface area (Å²) in [7, 11) is 0. The van der Waals surface area contributed by atoms with Gasteiger partial charge in [-0.05, 0) is 25.2 Å². The number of nitrogens with one attached hydrogen (secondary N) is 3. The van der Waals surface area contributed by atoms with Crippen molar-refractivity contribution >= 4 is 0 Å². The van der Waals surface area contributed by atoms with Crippen molar-refractivity contribution in [3.63, 3.8) is 0 Å². The minimum absolute atomic E-state index is 0.578. The standard InChI is InChI=1S/C7H12N3/c1-4-2-6-8-5(1)9-7(3-4)10-6/h4-6,8-10H,1-3H2. The van der Waals surface area contributed by atoms with Gasteiger partial charge in [0.1, 0.15) is 6.17 Å². The van der Waals surface area contributed by atoms with E-state index in [4.69, 9.17) is 0 Å². The molecule has 0 aromatic carbocycles. The Hall–Kier alpha value is -0.120. The number of hydrogen-bond acceptors (Lipinski definition) is 3. The van der Waals surface area contributed by atoms with Crippen LogP contribution in [-0.4, -0.2) is 12.3 Å². The molecule has 0 aliphatic carbocycles. The molecule has 4 aliphatic rings. The van der Waals surface area contributed by atoms with Crippen molar-refractivity contribution in [2.45, 2.75) is 31.6 Å². The Kier molecular flexibility index (Phi) is 0.952. The van der Waals surface area contributed by atoms with Gasteiger partial charge in [-0.25, -0.2) is 0 Å². The van der Waals surface area contributed by atoms with E-state index in [2.05, 4.69) is 16.0 Å². The molecule has 10 heavy (non-hydrogen) atoms. The van der Waals surface area contributed by atoms with Crippen molar-refractivity contribution in [1.82, 2.24) is 16.0 Å². The highest BCUT2D eigenvalue weighted by Crippen LogP contribution is 2.34. The molecule has 4 fully saturated rings. The Morgan fingerprint density at radius 3 is 2.30 bits per heavy atom. The highest BCUT2D eigenvalue weighted by atomic mass is 15.4. The third-order valence-electron chi connectivity index (χ3n) is 2.73. The summed E-state index contributed by atoms with van der Waals surface area (Å²) in [6.45, 7) is 0. The summed E-state index contributed by atoms with van der Waals surface area (Å²) in [6.07, 6.45) is 6.43. The van der Waals surface area contributed by atoms with Gasteiger partial charge in [0.2, 0.25) is 0 Å². The van der Waals surface area contributed by atoms with E-state index in [1.54, 1.807) is 0 Å². The maximum absolute atomic E-state index is 3.47. The molecular weight excluding hydrogens is 126 g/mol. The molecule has 0 spiro atoms. The van der Waals surface area contributed by atoms with Crippen LogP contribution in [-0.2, 0) is 0 Å². The molecule has 55 valence electrons. The molecule has 3 N–H and O–H groups in total. The summed E-state index contributed by atoms with van der Waals surface area (Å²) in [4.78, 5) is 0. The summed E-state index contributed by atoms with van der Waals surface area (Å²) in [6, 6.07) is 0. The van der Waals surface area contributed by atoms with E-state index >= 15 is 0 Å². The monoisotopic (exact) mass is 138 g/mol. The highest BCUT2D eigenvalue weighted by molar-refractivity contribution is 5.06. The second-order valence-electron chi connectivity index (χ2n) is 3.58. The number of piperidine rings is 3. The van der Waals surface area contributed by atoms with E-state index in [-0.39, 0.29) is 0 Å². The third-order valence-corrected chi connectivity index (χ3v) is 2.73. The predicted octanol–water partition coefficient (Wildman–Crippen LogP) is -0.276. The summed E-state index contributed by atoms with van der Waals surface area (Å²) in [5, 5.41) is 10.3. The Labute approximate surface area is 60.6 Å². The highest BCUT2D eigenvalue weighted by Gasteiger charge is 2.41. The zero-order chi connectivity index (χ0) is 6.55. The van der Waals surface area contributed by atoms with Crippen LogP contribution in [0, 0.1) is 12.1 Å². The summed E-state index contributed by atoms with van der Waals surface area (Å²) < 4.78 is 0. The lowest BCUT2D eigenvalue weighted by Gasteiger charge is -2.51. The van der Waals surface area contributed by atoms with Gasteiger partial charge in [0, 0.05) is 0 Å². The minimum atomic E-state index is 0.578. The molecule has 3 nitrogen and oxygen atoms in total. The first-order chi connectivity index (χ1) is 4.90. The predicted molar refractivity (Wildman–Crippen MR) is 37.6 cm³/mol. The van der Waals surface area contributed by atoms with Crippen molar-refractivity contribution < 1.29 is 0 Å². The Balaban J connectivity index is 1.90. The molecule has 3 heteroatoms. The fraction of sp³-hybridized carbons (Fsp3) is 0.857. The Morgan fingerprint density at radius 1 is 1.10 bits per heavy atom. The molecule has 1 radical (unpaired) electrons. The normalized spacial score (nSPS) is 52.2. The van der Waals surface area contributed by atoms with E-state index in [1.807, 2.05) is 0 Å². The molecular formula is C7H12N3. The van der Waals surface area contributed by atoms with Crippen molar-refractivity contribution in [3.8, 4) is 0 Å². The second-order valence-corrected chi connectivity index (χ2v) is 3.58. The van der Waals surface area contributed by atoms with Crippen LogP contribution >= 0.6 is 0 Å². The van der Waals surface area contributed by atoms with Gasteiger partial charge >= 0.3 is 0 Å². The zero-order valence-corrected chi connectivity index (χ0v) is 5.85. The van der Waals surface area contributed by atoms with E-state index in [0.29, 0.717) is 12.3 Å². The fourth-order valence-electron chi connectivity index (χ4n) is 2.38. The average molecular weight is 138 g/mol. The van der Waals surface area contributed by atoms with Crippen LogP contribution in [0.5, 0.6) is 0 Å². The summed E-state index contributed by atoms with van der Waals surface area (Å²) >= 11 is 0. The lowest BCUT2D eigenvalue weighted by molar-refractivity contribution is 0.0854. The van der Waals surface area contributed by atoms with E-state index < -0.39 is 0 Å². The molecule has 0 amide bonds. The Bertz CT molecular complexity index is 100. The Morgan fingerprint density at radius 2 is 1.80 bits per heavy atom. The van der Waals surface area contributed by atoms with E-state index in [9.17, 15) is 0 Å². The first-order valence-electron chi connectivity index (χ1n) is 4.05. The van der Waals surface area contributed by atoms with Crippen molar-refractivity contribution in [3.05, 3.63) is 6.17 Å². The topological polar surface area (TPSA) is 36.1 Å². The molecule has 4 heterocycles. The molecule has 4 saturated heterocycles. The van der Waals surface area contributed by atoms with Crippen LogP contribution in [0.2, 0.25) is 0 Å². The maximum atomic E-state index is 3.47. The van der Waals surface area contributed by atoms with Gasteiger partial charge in [0.05, 0.1) is 12.3 Å². The van der Waals surface area contributed by atoms with E-state index in [1.165, 1.54) is 25.4 Å². The van der Waals surface area contributed by atoms with Gasteiger partial charge in [-0.2, -0.15) is 0 Å². The van der Waals surface area contributed by atoms with Crippen molar-refractivity contribution in [2.75, 3.05) is 0 Å². The molecule has 2 unspecified atom stereocenters. The fourth-order valence-corrected chi connectivity index (χ4v) is 2.38. The molecule has 0 aromatic rings. The van der Waals surface area contributed by atoms with Crippen LogP contribution in [0.25, 0.3) is 0 Å². The van der Waals surface area contributed by atoms with Gasteiger partial charge in [-0.3, -0.25) is 16.0 Å². The van der Waals surface area contributed by atoms with Crippen LogP contribution in [0.4, 0.5) is 0 Å². The quantitative estimate of drug-likeness (QED) is 0.431. The molecule has 0 aromatic heterocycles. The second kappa shape index (κ2) is 1.72. The largest absolute Gasteiger partial charge is 0.286 e. The lowest BCUT2D eigenvalue weighted by atomic mass is 9.83. The van der Waals surface area contributed by atoms with Gasteiger partial charge in [-0.1, -0.05) is 0 Å². The average Bonchev–Trinajstić information content (AvgIpc) is 1.82. The summed E-state index contributed by atoms with van der Waals surface area (Å²) in [5.41, 5.74) is 0. The third kappa shape index (κ3) is 0.654. The van der Waals surface area contributed by atoms with Gasteiger partial charge < -0.3 is 0 Å². The zero-order valence-electron chi connectivity index (χ0n) is 5.85. The van der Waals surface area contributed by atoms with Gasteiger partial charge in [-0.15, -0.1) is 0 Å². The number of hydrogen-bond donors (Lipinski definition) is 3. The molecule has 4 aliphatic heterocycles.